The summed E-state index contributed by atoms with van der Waals surface area (Å²) in [6, 6.07) is 16.2. The number of hydrogen-bond donors (Lipinski definition) is 0. The van der Waals surface area contributed by atoms with Crippen molar-refractivity contribution < 1.29 is 23.4 Å². The normalized spacial score (nSPS) is 14.3. The highest BCUT2D eigenvalue weighted by molar-refractivity contribution is 6.32. The Balaban J connectivity index is 1.59. The van der Waals surface area contributed by atoms with E-state index in [9.17, 15) is 9.18 Å². The number of hydrogen-bond acceptors (Lipinski definition) is 5. The molecule has 1 aliphatic rings. The van der Waals surface area contributed by atoms with Gasteiger partial charge < -0.3 is 14.2 Å². The summed E-state index contributed by atoms with van der Waals surface area (Å²) in [5, 5.41) is 0.895. The standard InChI is InChI=1S/C24H16Cl2FNO4/c1-30-21-11-15(9-19(26)22(21)31-13-14-4-2-6-17(25)8-14)10-20-24(29)32-23(28-20)16-5-3-7-18(27)12-16/h2-12H,13H2,1H3/b20-10-. The Kier molecular flexibility index (Phi) is 6.44. The maximum absolute atomic E-state index is 13.5. The van der Waals surface area contributed by atoms with Crippen LogP contribution in [0.15, 0.2) is 71.4 Å². The molecule has 4 rings (SSSR count). The molecule has 0 amide bonds. The molecule has 0 saturated carbocycles. The minimum Gasteiger partial charge on any atom is -0.493 e. The quantitative estimate of drug-likeness (QED) is 0.323. The molecule has 1 aliphatic heterocycles. The fourth-order valence-electron chi connectivity index (χ4n) is 3.06. The number of cyclic esters (lactones) is 1. The molecule has 3 aromatic rings. The Morgan fingerprint density at radius 2 is 1.91 bits per heavy atom. The van der Waals surface area contributed by atoms with Crippen molar-refractivity contribution in [2.45, 2.75) is 6.61 Å². The predicted octanol–water partition coefficient (Wildman–Crippen LogP) is 6.06. The van der Waals surface area contributed by atoms with Crippen molar-refractivity contribution in [3.63, 3.8) is 0 Å². The first-order valence-electron chi connectivity index (χ1n) is 9.46. The van der Waals surface area contributed by atoms with Crippen LogP contribution in [0.2, 0.25) is 10.0 Å². The van der Waals surface area contributed by atoms with Gasteiger partial charge in [0.25, 0.3) is 0 Å². The summed E-state index contributed by atoms with van der Waals surface area (Å²) in [5.41, 5.74) is 1.84. The van der Waals surface area contributed by atoms with Crippen LogP contribution in [0.5, 0.6) is 11.5 Å². The number of aliphatic imine (C=N–C) groups is 1. The third kappa shape index (κ3) is 4.93. The van der Waals surface area contributed by atoms with E-state index in [-0.39, 0.29) is 18.2 Å². The number of carbonyl (C=O) groups is 1. The first-order chi connectivity index (χ1) is 15.4. The third-order valence-electron chi connectivity index (χ3n) is 4.52. The van der Waals surface area contributed by atoms with Gasteiger partial charge in [-0.15, -0.1) is 0 Å². The van der Waals surface area contributed by atoms with E-state index in [1.54, 1.807) is 30.3 Å². The molecule has 3 aromatic carbocycles. The SMILES string of the molecule is COc1cc(/C=C2\N=C(c3cccc(F)c3)OC2=O)cc(Cl)c1OCc1cccc(Cl)c1. The van der Waals surface area contributed by atoms with Crippen LogP contribution in [0.25, 0.3) is 6.08 Å². The molecule has 1 heterocycles. The van der Waals surface area contributed by atoms with E-state index in [0.29, 0.717) is 32.7 Å². The monoisotopic (exact) mass is 471 g/mol. The highest BCUT2D eigenvalue weighted by Gasteiger charge is 2.25. The van der Waals surface area contributed by atoms with E-state index < -0.39 is 11.8 Å². The van der Waals surface area contributed by atoms with Crippen molar-refractivity contribution in [3.05, 3.63) is 98.9 Å². The van der Waals surface area contributed by atoms with Gasteiger partial charge in [0.05, 0.1) is 12.1 Å². The Morgan fingerprint density at radius 1 is 1.09 bits per heavy atom. The molecule has 0 bridgehead atoms. The number of methoxy groups -OCH3 is 1. The van der Waals surface area contributed by atoms with E-state index in [2.05, 4.69) is 4.99 Å². The molecule has 5 nitrogen and oxygen atoms in total. The summed E-state index contributed by atoms with van der Waals surface area (Å²) in [6.45, 7) is 0.241. The number of ether oxygens (including phenoxy) is 3. The molecule has 0 aromatic heterocycles. The highest BCUT2D eigenvalue weighted by Crippen LogP contribution is 2.38. The maximum atomic E-state index is 13.5. The Bertz CT molecular complexity index is 1260. The second-order valence-corrected chi connectivity index (χ2v) is 7.64. The third-order valence-corrected chi connectivity index (χ3v) is 5.04. The fraction of sp³-hybridized carbons (Fsp3) is 0.0833. The van der Waals surface area contributed by atoms with Gasteiger partial charge in [0.1, 0.15) is 12.4 Å². The van der Waals surface area contributed by atoms with E-state index in [4.69, 9.17) is 37.4 Å². The topological polar surface area (TPSA) is 57.1 Å². The van der Waals surface area contributed by atoms with Gasteiger partial charge in [0.15, 0.2) is 17.2 Å². The zero-order valence-electron chi connectivity index (χ0n) is 16.8. The molecule has 0 N–H and O–H groups in total. The molecule has 8 heteroatoms. The maximum Gasteiger partial charge on any atom is 0.363 e. The number of nitrogens with zero attached hydrogens (tertiary/aromatic N) is 1. The predicted molar refractivity (Wildman–Crippen MR) is 121 cm³/mol. The summed E-state index contributed by atoms with van der Waals surface area (Å²) >= 11 is 12.4. The van der Waals surface area contributed by atoms with Crippen LogP contribution in [-0.4, -0.2) is 19.0 Å². The molecule has 0 aliphatic carbocycles. The molecule has 0 saturated heterocycles. The van der Waals surface area contributed by atoms with Crippen LogP contribution in [-0.2, 0) is 16.1 Å². The van der Waals surface area contributed by atoms with Crippen molar-refractivity contribution in [1.82, 2.24) is 0 Å². The van der Waals surface area contributed by atoms with Gasteiger partial charge in [-0.25, -0.2) is 14.2 Å². The summed E-state index contributed by atoms with van der Waals surface area (Å²) in [6.07, 6.45) is 1.50. The van der Waals surface area contributed by atoms with Crippen LogP contribution in [0.3, 0.4) is 0 Å². The number of rotatable bonds is 6. The molecular weight excluding hydrogens is 456 g/mol. The summed E-state index contributed by atoms with van der Waals surface area (Å²) in [5.74, 6) is -0.342. The molecular formula is C24H16Cl2FNO4. The second-order valence-electron chi connectivity index (χ2n) is 6.80. The van der Waals surface area contributed by atoms with Crippen LogP contribution in [0.4, 0.5) is 4.39 Å². The lowest BCUT2D eigenvalue weighted by Crippen LogP contribution is -2.05. The van der Waals surface area contributed by atoms with Crippen LogP contribution < -0.4 is 9.47 Å². The second kappa shape index (κ2) is 9.42. The minimum atomic E-state index is -0.652. The van der Waals surface area contributed by atoms with Crippen molar-refractivity contribution in [1.29, 1.82) is 0 Å². The lowest BCUT2D eigenvalue weighted by atomic mass is 10.1. The zero-order chi connectivity index (χ0) is 22.7. The summed E-state index contributed by atoms with van der Waals surface area (Å²) in [7, 11) is 1.48. The number of carbonyl (C=O) groups excluding carboxylic acids is 1. The number of esters is 1. The van der Waals surface area contributed by atoms with Gasteiger partial charge in [-0.2, -0.15) is 0 Å². The Hall–Kier alpha value is -3.35. The Labute approximate surface area is 193 Å². The number of benzene rings is 3. The molecule has 32 heavy (non-hydrogen) atoms. The van der Waals surface area contributed by atoms with Gasteiger partial charge in [-0.05, 0) is 59.7 Å². The summed E-state index contributed by atoms with van der Waals surface area (Å²) < 4.78 is 29.9. The molecule has 0 atom stereocenters. The average molecular weight is 472 g/mol. The molecule has 0 fully saturated rings. The molecule has 0 unspecified atom stereocenters. The lowest BCUT2D eigenvalue weighted by molar-refractivity contribution is -0.129. The largest absolute Gasteiger partial charge is 0.493 e. The number of halogens is 3. The highest BCUT2D eigenvalue weighted by atomic mass is 35.5. The minimum absolute atomic E-state index is 0.0280. The Morgan fingerprint density at radius 3 is 2.66 bits per heavy atom. The van der Waals surface area contributed by atoms with E-state index in [0.717, 1.165) is 5.56 Å². The molecule has 0 spiro atoms. The first kappa shape index (κ1) is 21.9. The van der Waals surface area contributed by atoms with E-state index >= 15 is 0 Å². The average Bonchev–Trinajstić information content (AvgIpc) is 3.13. The van der Waals surface area contributed by atoms with Gasteiger partial charge in [0, 0.05) is 10.6 Å². The van der Waals surface area contributed by atoms with Gasteiger partial charge in [0.2, 0.25) is 5.90 Å². The van der Waals surface area contributed by atoms with Crippen LogP contribution in [0.1, 0.15) is 16.7 Å². The van der Waals surface area contributed by atoms with Crippen molar-refractivity contribution in [2.75, 3.05) is 7.11 Å². The van der Waals surface area contributed by atoms with E-state index in [1.807, 2.05) is 12.1 Å². The van der Waals surface area contributed by atoms with Crippen LogP contribution >= 0.6 is 23.2 Å². The van der Waals surface area contributed by atoms with Crippen molar-refractivity contribution in [2.24, 2.45) is 4.99 Å². The lowest BCUT2D eigenvalue weighted by Gasteiger charge is -2.13. The van der Waals surface area contributed by atoms with E-state index in [1.165, 1.54) is 31.4 Å². The van der Waals surface area contributed by atoms with Crippen molar-refractivity contribution >= 4 is 41.1 Å². The van der Waals surface area contributed by atoms with Gasteiger partial charge >= 0.3 is 5.97 Å². The van der Waals surface area contributed by atoms with Gasteiger partial charge in [-0.1, -0.05) is 41.4 Å². The summed E-state index contributed by atoms with van der Waals surface area (Å²) in [4.78, 5) is 16.4. The smallest absolute Gasteiger partial charge is 0.363 e. The molecule has 0 radical (unpaired) electrons. The first-order valence-corrected chi connectivity index (χ1v) is 10.2. The molecule has 162 valence electrons. The van der Waals surface area contributed by atoms with Crippen molar-refractivity contribution in [3.8, 4) is 11.5 Å². The van der Waals surface area contributed by atoms with Gasteiger partial charge in [-0.3, -0.25) is 0 Å². The zero-order valence-corrected chi connectivity index (χ0v) is 18.3. The van der Waals surface area contributed by atoms with Crippen LogP contribution in [0, 0.1) is 5.82 Å². The fourth-order valence-corrected chi connectivity index (χ4v) is 3.54.